The highest BCUT2D eigenvalue weighted by Gasteiger charge is 2.16. The molecule has 0 amide bonds. The quantitative estimate of drug-likeness (QED) is 0.880. The van der Waals surface area contributed by atoms with E-state index in [9.17, 15) is 8.42 Å². The Morgan fingerprint density at radius 2 is 1.65 bits per heavy atom. The third kappa shape index (κ3) is 3.32. The third-order valence-corrected chi connectivity index (χ3v) is 5.13. The summed E-state index contributed by atoms with van der Waals surface area (Å²) in [5.41, 5.74) is 7.90. The molecule has 2 N–H and O–H groups in total. The molecule has 2 aromatic rings. The number of hydrogen-bond acceptors (Lipinski definition) is 3. The van der Waals surface area contributed by atoms with Gasteiger partial charge in [0.25, 0.3) is 0 Å². The van der Waals surface area contributed by atoms with Gasteiger partial charge in [0.1, 0.15) is 0 Å². The summed E-state index contributed by atoms with van der Waals surface area (Å²) in [6.07, 6.45) is 0.931. The molecule has 2 aromatic carbocycles. The first-order valence-corrected chi connectivity index (χ1v) is 8.31. The van der Waals surface area contributed by atoms with Crippen molar-refractivity contribution in [2.45, 2.75) is 24.0 Å². The summed E-state index contributed by atoms with van der Waals surface area (Å²) in [6.45, 7) is 2.06. The summed E-state index contributed by atoms with van der Waals surface area (Å²) >= 11 is 5.87. The summed E-state index contributed by atoms with van der Waals surface area (Å²) in [5, 5.41) is 0.257. The van der Waals surface area contributed by atoms with Gasteiger partial charge in [0.05, 0.1) is 21.4 Å². The van der Waals surface area contributed by atoms with Crippen LogP contribution in [0.25, 0.3) is 0 Å². The molecule has 0 fully saturated rings. The van der Waals surface area contributed by atoms with Gasteiger partial charge in [-0.25, -0.2) is 8.42 Å². The van der Waals surface area contributed by atoms with E-state index < -0.39 is 9.84 Å². The van der Waals surface area contributed by atoms with Crippen molar-refractivity contribution in [3.05, 3.63) is 58.6 Å². The summed E-state index contributed by atoms with van der Waals surface area (Å²) < 4.78 is 24.6. The average molecular weight is 310 g/mol. The Kier molecular flexibility index (Phi) is 4.35. The Hall–Kier alpha value is -1.52. The minimum Gasteiger partial charge on any atom is -0.398 e. The molecule has 0 aliphatic rings. The van der Waals surface area contributed by atoms with E-state index in [1.165, 1.54) is 23.8 Å². The summed E-state index contributed by atoms with van der Waals surface area (Å²) in [6, 6.07) is 12.0. The zero-order chi connectivity index (χ0) is 14.8. The lowest BCUT2D eigenvalue weighted by atomic mass is 10.1. The van der Waals surface area contributed by atoms with Crippen LogP contribution < -0.4 is 5.73 Å². The molecule has 0 aromatic heterocycles. The second kappa shape index (κ2) is 5.85. The molecule has 0 heterocycles. The first-order chi connectivity index (χ1) is 9.42. The van der Waals surface area contributed by atoms with Crippen molar-refractivity contribution in [2.75, 3.05) is 5.73 Å². The highest BCUT2D eigenvalue weighted by atomic mass is 35.5. The van der Waals surface area contributed by atoms with E-state index >= 15 is 0 Å². The molecule has 106 valence electrons. The number of nitrogens with two attached hydrogens (primary N) is 1. The van der Waals surface area contributed by atoms with E-state index in [0.29, 0.717) is 5.69 Å². The largest absolute Gasteiger partial charge is 0.398 e. The van der Waals surface area contributed by atoms with Gasteiger partial charge in [-0.15, -0.1) is 0 Å². The zero-order valence-electron chi connectivity index (χ0n) is 11.1. The predicted molar refractivity (Wildman–Crippen MR) is 82.6 cm³/mol. The van der Waals surface area contributed by atoms with Crippen LogP contribution in [0, 0.1) is 0 Å². The first kappa shape index (κ1) is 14.9. The first-order valence-electron chi connectivity index (χ1n) is 6.28. The Balaban J connectivity index is 2.27. The monoisotopic (exact) mass is 309 g/mol. The van der Waals surface area contributed by atoms with Crippen molar-refractivity contribution in [3.63, 3.8) is 0 Å². The van der Waals surface area contributed by atoms with Gasteiger partial charge in [-0.3, -0.25) is 0 Å². The van der Waals surface area contributed by atoms with Crippen molar-refractivity contribution >= 4 is 27.1 Å². The maximum absolute atomic E-state index is 12.3. The lowest BCUT2D eigenvalue weighted by Gasteiger charge is -2.07. The molecule has 0 unspecified atom stereocenters. The standard InChI is InChI=1S/C15H16ClNO2S/c1-2-11-3-5-12(6-4-11)10-20(18,19)13-7-8-15(17)14(16)9-13/h3-9H,2,10,17H2,1H3. The molecule has 0 bridgehead atoms. The molecule has 0 aliphatic carbocycles. The third-order valence-electron chi connectivity index (χ3n) is 3.12. The Bertz CT molecular complexity index is 709. The van der Waals surface area contributed by atoms with Crippen molar-refractivity contribution < 1.29 is 8.42 Å². The molecule has 5 heteroatoms. The number of halogens is 1. The minimum atomic E-state index is -3.41. The Labute approximate surface area is 124 Å². The van der Waals surface area contributed by atoms with E-state index in [-0.39, 0.29) is 15.7 Å². The van der Waals surface area contributed by atoms with Crippen LogP contribution >= 0.6 is 11.6 Å². The lowest BCUT2D eigenvalue weighted by Crippen LogP contribution is -2.05. The van der Waals surface area contributed by atoms with Crippen LogP contribution in [0.3, 0.4) is 0 Å². The number of benzene rings is 2. The van der Waals surface area contributed by atoms with Gasteiger partial charge in [0.15, 0.2) is 9.84 Å². The van der Waals surface area contributed by atoms with Gasteiger partial charge in [0, 0.05) is 0 Å². The Morgan fingerprint density at radius 3 is 2.20 bits per heavy atom. The number of aryl methyl sites for hydroxylation is 1. The highest BCUT2D eigenvalue weighted by Crippen LogP contribution is 2.24. The summed E-state index contributed by atoms with van der Waals surface area (Å²) in [5.74, 6) is -0.0444. The van der Waals surface area contributed by atoms with Crippen LogP contribution in [-0.2, 0) is 22.0 Å². The van der Waals surface area contributed by atoms with E-state index in [1.807, 2.05) is 24.3 Å². The van der Waals surface area contributed by atoms with Crippen molar-refractivity contribution in [1.29, 1.82) is 0 Å². The van der Waals surface area contributed by atoms with Crippen molar-refractivity contribution in [3.8, 4) is 0 Å². The predicted octanol–water partition coefficient (Wildman–Crippen LogP) is 3.46. The van der Waals surface area contributed by atoms with Crippen LogP contribution in [0.15, 0.2) is 47.4 Å². The van der Waals surface area contributed by atoms with E-state index in [1.54, 1.807) is 0 Å². The van der Waals surface area contributed by atoms with Crippen molar-refractivity contribution in [1.82, 2.24) is 0 Å². The molecule has 3 nitrogen and oxygen atoms in total. The normalized spacial score (nSPS) is 11.5. The molecule has 0 aliphatic heterocycles. The fourth-order valence-corrected chi connectivity index (χ4v) is 3.49. The van der Waals surface area contributed by atoms with Gasteiger partial charge in [-0.2, -0.15) is 0 Å². The minimum absolute atomic E-state index is 0.0444. The summed E-state index contributed by atoms with van der Waals surface area (Å²) in [4.78, 5) is 0.191. The molecule has 0 spiro atoms. The van der Waals surface area contributed by atoms with Gasteiger partial charge in [-0.05, 0) is 35.7 Å². The SMILES string of the molecule is CCc1ccc(CS(=O)(=O)c2ccc(N)c(Cl)c2)cc1. The van der Waals surface area contributed by atoms with Crippen molar-refractivity contribution in [2.24, 2.45) is 0 Å². The van der Waals surface area contributed by atoms with E-state index in [2.05, 4.69) is 6.92 Å². The maximum Gasteiger partial charge on any atom is 0.182 e. The molecular weight excluding hydrogens is 294 g/mol. The van der Waals surface area contributed by atoms with Gasteiger partial charge in [0.2, 0.25) is 0 Å². The van der Waals surface area contributed by atoms with Gasteiger partial charge < -0.3 is 5.73 Å². The second-order valence-corrected chi connectivity index (χ2v) is 7.01. The number of nitrogen functional groups attached to an aromatic ring is 1. The summed E-state index contributed by atoms with van der Waals surface area (Å²) in [7, 11) is -3.41. The molecule has 20 heavy (non-hydrogen) atoms. The maximum atomic E-state index is 12.3. The van der Waals surface area contributed by atoms with Crippen LogP contribution in [0.4, 0.5) is 5.69 Å². The molecule has 0 radical (unpaired) electrons. The van der Waals surface area contributed by atoms with Gasteiger partial charge in [-0.1, -0.05) is 42.8 Å². The average Bonchev–Trinajstić information content (AvgIpc) is 2.42. The Morgan fingerprint density at radius 1 is 1.05 bits per heavy atom. The number of anilines is 1. The van der Waals surface area contributed by atoms with E-state index in [0.717, 1.165) is 12.0 Å². The highest BCUT2D eigenvalue weighted by molar-refractivity contribution is 7.90. The van der Waals surface area contributed by atoms with Crippen LogP contribution in [0.1, 0.15) is 18.1 Å². The molecule has 0 saturated heterocycles. The number of hydrogen-bond donors (Lipinski definition) is 1. The molecule has 0 atom stereocenters. The fraction of sp³-hybridized carbons (Fsp3) is 0.200. The van der Waals surface area contributed by atoms with E-state index in [4.69, 9.17) is 17.3 Å². The topological polar surface area (TPSA) is 60.2 Å². The smallest absolute Gasteiger partial charge is 0.182 e. The molecule has 2 rings (SSSR count). The van der Waals surface area contributed by atoms with Crippen LogP contribution in [0.2, 0.25) is 5.02 Å². The number of sulfone groups is 1. The molecule has 0 saturated carbocycles. The molecular formula is C15H16ClNO2S. The van der Waals surface area contributed by atoms with Crippen LogP contribution in [-0.4, -0.2) is 8.42 Å². The second-order valence-electron chi connectivity index (χ2n) is 4.61. The zero-order valence-corrected chi connectivity index (χ0v) is 12.7. The lowest BCUT2D eigenvalue weighted by molar-refractivity contribution is 0.595. The fourth-order valence-electron chi connectivity index (χ4n) is 1.88. The number of rotatable bonds is 4. The van der Waals surface area contributed by atoms with Gasteiger partial charge >= 0.3 is 0 Å². The van der Waals surface area contributed by atoms with Crippen LogP contribution in [0.5, 0.6) is 0 Å².